The predicted octanol–water partition coefficient (Wildman–Crippen LogP) is 0.380. The van der Waals surface area contributed by atoms with Crippen LogP contribution < -0.4 is 0 Å². The smallest absolute Gasteiger partial charge is 0.222 e. The minimum absolute atomic E-state index is 0.0602. The summed E-state index contributed by atoms with van der Waals surface area (Å²) in [5.74, 6) is 0.200. The van der Waals surface area contributed by atoms with Crippen LogP contribution in [0.5, 0.6) is 0 Å². The van der Waals surface area contributed by atoms with Gasteiger partial charge in [0.1, 0.15) is 0 Å². The van der Waals surface area contributed by atoms with Crippen LogP contribution >= 0.6 is 0 Å². The predicted molar refractivity (Wildman–Crippen MR) is 42.1 cm³/mol. The second-order valence-corrected chi connectivity index (χ2v) is 2.94. The topological polar surface area (TPSA) is 40.5 Å². The molecule has 0 radical (unpaired) electrons. The third-order valence-corrected chi connectivity index (χ3v) is 2.23. The van der Waals surface area contributed by atoms with Crippen molar-refractivity contribution in [2.75, 3.05) is 13.2 Å². The highest BCUT2D eigenvalue weighted by molar-refractivity contribution is 5.78. The molecule has 0 aromatic carbocycles. The molecule has 1 aliphatic heterocycles. The van der Waals surface area contributed by atoms with E-state index in [2.05, 4.69) is 0 Å². The molecular formula is C8H15NO2. The van der Waals surface area contributed by atoms with E-state index in [4.69, 9.17) is 5.11 Å². The quantitative estimate of drug-likeness (QED) is 0.643. The van der Waals surface area contributed by atoms with Crippen molar-refractivity contribution >= 4 is 5.91 Å². The van der Waals surface area contributed by atoms with Gasteiger partial charge in [-0.2, -0.15) is 0 Å². The Hall–Kier alpha value is -0.570. The van der Waals surface area contributed by atoms with Gasteiger partial charge >= 0.3 is 0 Å². The second-order valence-electron chi connectivity index (χ2n) is 2.94. The normalized spacial score (nSPS) is 20.9. The zero-order valence-corrected chi connectivity index (χ0v) is 6.92. The number of amides is 1. The molecule has 1 fully saturated rings. The maximum atomic E-state index is 11.1. The molecule has 3 heteroatoms. The lowest BCUT2D eigenvalue weighted by Crippen LogP contribution is -2.38. The molecule has 0 bridgehead atoms. The Morgan fingerprint density at radius 2 is 2.45 bits per heavy atom. The van der Waals surface area contributed by atoms with Gasteiger partial charge in [-0.15, -0.1) is 0 Å². The summed E-state index contributed by atoms with van der Waals surface area (Å²) in [6, 6.07) is 0.0602. The van der Waals surface area contributed by atoms with Crippen LogP contribution in [0.4, 0.5) is 0 Å². The number of rotatable bonds is 3. The van der Waals surface area contributed by atoms with Gasteiger partial charge in [-0.05, 0) is 12.8 Å². The van der Waals surface area contributed by atoms with Crippen molar-refractivity contribution in [2.24, 2.45) is 0 Å². The first-order valence-electron chi connectivity index (χ1n) is 4.20. The molecule has 64 valence electrons. The molecule has 1 unspecified atom stereocenters. The summed E-state index contributed by atoms with van der Waals surface area (Å²) in [7, 11) is 0. The van der Waals surface area contributed by atoms with Crippen LogP contribution in [0, 0.1) is 0 Å². The molecule has 1 amide bonds. The van der Waals surface area contributed by atoms with Crippen molar-refractivity contribution in [2.45, 2.75) is 32.2 Å². The Bertz CT molecular complexity index is 143. The highest BCUT2D eigenvalue weighted by Crippen LogP contribution is 2.14. The number of hydrogen-bond acceptors (Lipinski definition) is 2. The lowest BCUT2D eigenvalue weighted by atomic mass is 10.2. The van der Waals surface area contributed by atoms with E-state index in [1.807, 2.05) is 6.92 Å². The van der Waals surface area contributed by atoms with Crippen LogP contribution in [0.2, 0.25) is 0 Å². The zero-order valence-electron chi connectivity index (χ0n) is 6.92. The van der Waals surface area contributed by atoms with Crippen LogP contribution in [0.15, 0.2) is 0 Å². The minimum Gasteiger partial charge on any atom is -0.394 e. The summed E-state index contributed by atoms with van der Waals surface area (Å²) in [6.45, 7) is 2.92. The van der Waals surface area contributed by atoms with Gasteiger partial charge in [0.25, 0.3) is 0 Å². The van der Waals surface area contributed by atoms with Crippen molar-refractivity contribution in [3.63, 3.8) is 0 Å². The molecule has 1 atom stereocenters. The summed E-state index contributed by atoms with van der Waals surface area (Å²) in [5, 5.41) is 8.91. The van der Waals surface area contributed by atoms with E-state index in [-0.39, 0.29) is 18.6 Å². The highest BCUT2D eigenvalue weighted by atomic mass is 16.3. The molecular weight excluding hydrogens is 142 g/mol. The number of nitrogens with zero attached hydrogens (tertiary/aromatic N) is 1. The van der Waals surface area contributed by atoms with Crippen LogP contribution in [0.25, 0.3) is 0 Å². The molecule has 1 heterocycles. The fourth-order valence-electron chi connectivity index (χ4n) is 1.50. The van der Waals surface area contributed by atoms with Gasteiger partial charge in [0.15, 0.2) is 0 Å². The fourth-order valence-corrected chi connectivity index (χ4v) is 1.50. The summed E-state index contributed by atoms with van der Waals surface area (Å²) in [4.78, 5) is 12.9. The number of aliphatic hydroxyl groups is 1. The summed E-state index contributed by atoms with van der Waals surface area (Å²) >= 11 is 0. The zero-order chi connectivity index (χ0) is 8.27. The van der Waals surface area contributed by atoms with Crippen molar-refractivity contribution in [1.29, 1.82) is 0 Å². The minimum atomic E-state index is 0.0602. The Kier molecular flexibility index (Phi) is 2.88. The maximum Gasteiger partial charge on any atom is 0.222 e. The van der Waals surface area contributed by atoms with E-state index in [1.165, 1.54) is 0 Å². The third-order valence-electron chi connectivity index (χ3n) is 2.23. The molecule has 0 saturated carbocycles. The molecule has 0 spiro atoms. The average molecular weight is 157 g/mol. The molecule has 0 aromatic heterocycles. The van der Waals surface area contributed by atoms with Crippen molar-refractivity contribution < 1.29 is 9.90 Å². The molecule has 1 N–H and O–H groups in total. The Morgan fingerprint density at radius 1 is 1.73 bits per heavy atom. The van der Waals surface area contributed by atoms with E-state index < -0.39 is 0 Å². The third kappa shape index (κ3) is 1.71. The Labute approximate surface area is 67.0 Å². The first-order valence-corrected chi connectivity index (χ1v) is 4.20. The Balaban J connectivity index is 2.49. The van der Waals surface area contributed by atoms with E-state index >= 15 is 0 Å². The number of carbonyl (C=O) groups excluding carboxylic acids is 1. The first kappa shape index (κ1) is 8.53. The molecule has 0 aromatic rings. The van der Waals surface area contributed by atoms with Crippen LogP contribution in [-0.4, -0.2) is 35.1 Å². The average Bonchev–Trinajstić information content (AvgIpc) is 2.40. The van der Waals surface area contributed by atoms with Gasteiger partial charge in [-0.3, -0.25) is 4.79 Å². The largest absolute Gasteiger partial charge is 0.394 e. The molecule has 0 aliphatic carbocycles. The van der Waals surface area contributed by atoms with Gasteiger partial charge in [0.2, 0.25) is 5.91 Å². The monoisotopic (exact) mass is 157 g/mol. The number of hydrogen-bond donors (Lipinski definition) is 1. The molecule has 1 aliphatic rings. The second kappa shape index (κ2) is 3.72. The highest BCUT2D eigenvalue weighted by Gasteiger charge is 2.25. The lowest BCUT2D eigenvalue weighted by molar-refractivity contribution is -0.130. The summed E-state index contributed by atoms with van der Waals surface area (Å²) in [6.07, 6.45) is 2.47. The van der Waals surface area contributed by atoms with Crippen molar-refractivity contribution in [1.82, 2.24) is 4.90 Å². The molecule has 11 heavy (non-hydrogen) atoms. The lowest BCUT2D eigenvalue weighted by Gasteiger charge is -2.24. The van der Waals surface area contributed by atoms with Gasteiger partial charge in [0.05, 0.1) is 12.6 Å². The molecule has 1 saturated heterocycles. The van der Waals surface area contributed by atoms with E-state index in [0.717, 1.165) is 19.4 Å². The van der Waals surface area contributed by atoms with Gasteiger partial charge in [-0.25, -0.2) is 0 Å². The van der Waals surface area contributed by atoms with Gasteiger partial charge in [0, 0.05) is 13.0 Å². The number of carbonyl (C=O) groups is 1. The summed E-state index contributed by atoms with van der Waals surface area (Å²) in [5.41, 5.74) is 0. The van der Waals surface area contributed by atoms with Crippen LogP contribution in [-0.2, 0) is 4.79 Å². The number of aliphatic hydroxyl groups excluding tert-OH is 1. The van der Waals surface area contributed by atoms with Crippen molar-refractivity contribution in [3.8, 4) is 0 Å². The summed E-state index contributed by atoms with van der Waals surface area (Å²) < 4.78 is 0. The van der Waals surface area contributed by atoms with E-state index in [1.54, 1.807) is 4.90 Å². The SMILES string of the molecule is CCC(CO)N1CCCC1=O. The van der Waals surface area contributed by atoms with E-state index in [9.17, 15) is 4.79 Å². The molecule has 3 nitrogen and oxygen atoms in total. The van der Waals surface area contributed by atoms with Crippen LogP contribution in [0.3, 0.4) is 0 Å². The first-order chi connectivity index (χ1) is 5.29. The number of likely N-dealkylation sites (tertiary alicyclic amines) is 1. The molecule has 1 rings (SSSR count). The van der Waals surface area contributed by atoms with Gasteiger partial charge < -0.3 is 10.0 Å². The maximum absolute atomic E-state index is 11.1. The Morgan fingerprint density at radius 3 is 2.82 bits per heavy atom. The van der Waals surface area contributed by atoms with E-state index in [0.29, 0.717) is 6.42 Å². The standard InChI is InChI=1S/C8H15NO2/c1-2-7(6-10)9-5-3-4-8(9)11/h7,10H,2-6H2,1H3. The fraction of sp³-hybridized carbons (Fsp3) is 0.875. The van der Waals surface area contributed by atoms with Crippen molar-refractivity contribution in [3.05, 3.63) is 0 Å². The van der Waals surface area contributed by atoms with Gasteiger partial charge in [-0.1, -0.05) is 6.92 Å². The van der Waals surface area contributed by atoms with Crippen LogP contribution in [0.1, 0.15) is 26.2 Å².